The van der Waals surface area contributed by atoms with Gasteiger partial charge in [-0.15, -0.1) is 11.8 Å². The van der Waals surface area contributed by atoms with Gasteiger partial charge in [0.1, 0.15) is 6.04 Å². The Bertz CT molecular complexity index is 500. The third-order valence-corrected chi connectivity index (χ3v) is 5.40. The lowest BCUT2D eigenvalue weighted by atomic mass is 10.1. The van der Waals surface area contributed by atoms with Crippen molar-refractivity contribution in [3.8, 4) is 0 Å². The zero-order valence-corrected chi connectivity index (χ0v) is 11.5. The second-order valence-electron chi connectivity index (χ2n) is 4.86. The van der Waals surface area contributed by atoms with E-state index in [1.54, 1.807) is 0 Å². The van der Waals surface area contributed by atoms with E-state index in [2.05, 4.69) is 5.32 Å². The summed E-state index contributed by atoms with van der Waals surface area (Å²) in [5.41, 5.74) is 7.42. The maximum atomic E-state index is 11.5. The molecule has 18 heavy (non-hydrogen) atoms. The summed E-state index contributed by atoms with van der Waals surface area (Å²) >= 11 is 8.11. The molecule has 0 radical (unpaired) electrons. The highest BCUT2D eigenvalue weighted by molar-refractivity contribution is 8.00. The van der Waals surface area contributed by atoms with Crippen LogP contribution in [0.3, 0.4) is 0 Å². The lowest BCUT2D eigenvalue weighted by Crippen LogP contribution is -2.19. The number of carbonyl (C=O) groups is 1. The molecular weight excluding hydrogens is 268 g/mol. The normalized spacial score (nSPS) is 23.2. The first-order valence-corrected chi connectivity index (χ1v) is 7.47. The number of carbonyl (C=O) groups excluding carboxylic acids is 1. The third-order valence-electron chi connectivity index (χ3n) is 3.58. The van der Waals surface area contributed by atoms with Crippen LogP contribution in [-0.2, 0) is 4.79 Å². The minimum Gasteiger partial charge on any atom is -0.324 e. The highest BCUT2D eigenvalue weighted by Crippen LogP contribution is 2.42. The first-order chi connectivity index (χ1) is 8.65. The highest BCUT2D eigenvalue weighted by Gasteiger charge is 2.29. The average molecular weight is 283 g/mol. The van der Waals surface area contributed by atoms with E-state index in [0.717, 1.165) is 16.1 Å². The Labute approximate surface area is 115 Å². The van der Waals surface area contributed by atoms with Gasteiger partial charge in [0, 0.05) is 21.4 Å². The summed E-state index contributed by atoms with van der Waals surface area (Å²) in [5, 5.41) is 4.17. The monoisotopic (exact) mass is 282 g/mol. The number of thioether (sulfide) groups is 1. The molecule has 1 aliphatic heterocycles. The topological polar surface area (TPSA) is 55.1 Å². The van der Waals surface area contributed by atoms with Gasteiger partial charge in [0.25, 0.3) is 0 Å². The van der Waals surface area contributed by atoms with Crippen LogP contribution in [0.25, 0.3) is 0 Å². The number of amides is 1. The van der Waals surface area contributed by atoms with Gasteiger partial charge in [-0.3, -0.25) is 4.79 Å². The van der Waals surface area contributed by atoms with Crippen LogP contribution in [0.2, 0.25) is 5.02 Å². The predicted octanol–water partition coefficient (Wildman–Crippen LogP) is 3.33. The second-order valence-corrected chi connectivity index (χ2v) is 6.61. The Hall–Kier alpha value is -0.710. The first-order valence-electron chi connectivity index (χ1n) is 6.21. The Morgan fingerprint density at radius 3 is 2.78 bits per heavy atom. The molecule has 1 amide bonds. The van der Waals surface area contributed by atoms with E-state index in [-0.39, 0.29) is 5.91 Å². The van der Waals surface area contributed by atoms with Gasteiger partial charge in [-0.1, -0.05) is 24.4 Å². The zero-order chi connectivity index (χ0) is 12.7. The van der Waals surface area contributed by atoms with E-state index < -0.39 is 6.04 Å². The van der Waals surface area contributed by atoms with E-state index in [9.17, 15) is 4.79 Å². The molecule has 0 spiro atoms. The fourth-order valence-electron chi connectivity index (χ4n) is 2.56. The lowest BCUT2D eigenvalue weighted by molar-refractivity contribution is -0.116. The Morgan fingerprint density at radius 1 is 1.33 bits per heavy atom. The van der Waals surface area contributed by atoms with Gasteiger partial charge in [0.2, 0.25) is 5.91 Å². The van der Waals surface area contributed by atoms with E-state index >= 15 is 0 Å². The molecule has 1 atom stereocenters. The lowest BCUT2D eigenvalue weighted by Gasteiger charge is -2.12. The summed E-state index contributed by atoms with van der Waals surface area (Å²) in [4.78, 5) is 12.6. The molecule has 0 bridgehead atoms. The van der Waals surface area contributed by atoms with Gasteiger partial charge in [-0.05, 0) is 25.0 Å². The van der Waals surface area contributed by atoms with Crippen LogP contribution < -0.4 is 11.1 Å². The van der Waals surface area contributed by atoms with Crippen molar-refractivity contribution in [3.05, 3.63) is 22.7 Å². The molecule has 0 aromatic heterocycles. The van der Waals surface area contributed by atoms with Gasteiger partial charge < -0.3 is 11.1 Å². The maximum Gasteiger partial charge on any atom is 0.245 e. The average Bonchev–Trinajstić information content (AvgIpc) is 2.92. The second kappa shape index (κ2) is 4.76. The van der Waals surface area contributed by atoms with Gasteiger partial charge in [0.05, 0.1) is 5.02 Å². The number of hydrogen-bond donors (Lipinski definition) is 2. The van der Waals surface area contributed by atoms with Crippen molar-refractivity contribution < 1.29 is 4.79 Å². The molecule has 1 aromatic rings. The fourth-order valence-corrected chi connectivity index (χ4v) is 4.15. The van der Waals surface area contributed by atoms with E-state index in [1.165, 1.54) is 25.7 Å². The van der Waals surface area contributed by atoms with Gasteiger partial charge in [-0.25, -0.2) is 0 Å². The molecule has 96 valence electrons. The molecular formula is C13H15ClN2OS. The largest absolute Gasteiger partial charge is 0.324 e. The molecule has 2 aliphatic rings. The summed E-state index contributed by atoms with van der Waals surface area (Å²) in [5.74, 6) is -0.149. The standard InChI is InChI=1S/C13H15ClN2OS/c14-9-5-8-10(16-13(17)12(8)15)6-11(9)18-7-3-1-2-4-7/h5-7,12H,1-4,15H2,(H,16,17). The van der Waals surface area contributed by atoms with Crippen LogP contribution in [-0.4, -0.2) is 11.2 Å². The van der Waals surface area contributed by atoms with E-state index in [1.807, 2.05) is 23.9 Å². The van der Waals surface area contributed by atoms with Crippen molar-refractivity contribution in [3.63, 3.8) is 0 Å². The molecule has 3 N–H and O–H groups in total. The molecule has 1 unspecified atom stereocenters. The van der Waals surface area contributed by atoms with Crippen molar-refractivity contribution in [1.29, 1.82) is 0 Å². The van der Waals surface area contributed by atoms with Crippen molar-refractivity contribution in [2.75, 3.05) is 5.32 Å². The Morgan fingerprint density at radius 2 is 2.06 bits per heavy atom. The van der Waals surface area contributed by atoms with E-state index in [0.29, 0.717) is 10.3 Å². The summed E-state index contributed by atoms with van der Waals surface area (Å²) in [6.07, 6.45) is 5.12. The quantitative estimate of drug-likeness (QED) is 0.875. The molecule has 5 heteroatoms. The van der Waals surface area contributed by atoms with E-state index in [4.69, 9.17) is 17.3 Å². The summed E-state index contributed by atoms with van der Waals surface area (Å²) in [7, 11) is 0. The Balaban J connectivity index is 1.88. The summed E-state index contributed by atoms with van der Waals surface area (Å²) < 4.78 is 0. The molecule has 1 saturated carbocycles. The molecule has 3 rings (SSSR count). The summed E-state index contributed by atoms with van der Waals surface area (Å²) in [6.45, 7) is 0. The predicted molar refractivity (Wildman–Crippen MR) is 75.1 cm³/mol. The van der Waals surface area contributed by atoms with Crippen LogP contribution in [0.1, 0.15) is 37.3 Å². The number of benzene rings is 1. The first kappa shape index (κ1) is 12.3. The van der Waals surface area contributed by atoms with Crippen LogP contribution in [0.4, 0.5) is 5.69 Å². The minimum atomic E-state index is -0.581. The molecule has 1 fully saturated rings. The molecule has 1 heterocycles. The SMILES string of the molecule is NC1C(=O)Nc2cc(SC3CCCC3)c(Cl)cc21. The maximum absolute atomic E-state index is 11.5. The molecule has 3 nitrogen and oxygen atoms in total. The fraction of sp³-hybridized carbons (Fsp3) is 0.462. The number of nitrogens with two attached hydrogens (primary N) is 1. The number of halogens is 1. The van der Waals surface area contributed by atoms with Crippen molar-refractivity contribution in [2.24, 2.45) is 5.73 Å². The van der Waals surface area contributed by atoms with Crippen LogP contribution >= 0.6 is 23.4 Å². The molecule has 0 saturated heterocycles. The third kappa shape index (κ3) is 2.13. The number of nitrogens with one attached hydrogen (secondary N) is 1. The van der Waals surface area contributed by atoms with Crippen LogP contribution in [0.15, 0.2) is 17.0 Å². The van der Waals surface area contributed by atoms with Crippen molar-refractivity contribution in [2.45, 2.75) is 41.9 Å². The van der Waals surface area contributed by atoms with Gasteiger partial charge in [0.15, 0.2) is 0 Å². The molecule has 1 aliphatic carbocycles. The van der Waals surface area contributed by atoms with Crippen LogP contribution in [0, 0.1) is 0 Å². The number of fused-ring (bicyclic) bond motifs is 1. The van der Waals surface area contributed by atoms with Crippen molar-refractivity contribution in [1.82, 2.24) is 0 Å². The summed E-state index contributed by atoms with van der Waals surface area (Å²) in [6, 6.07) is 3.21. The van der Waals surface area contributed by atoms with Crippen molar-refractivity contribution >= 4 is 35.0 Å². The van der Waals surface area contributed by atoms with Gasteiger partial charge in [-0.2, -0.15) is 0 Å². The molecule has 1 aromatic carbocycles. The Kier molecular flexibility index (Phi) is 3.26. The minimum absolute atomic E-state index is 0.149. The number of hydrogen-bond acceptors (Lipinski definition) is 3. The van der Waals surface area contributed by atoms with Crippen LogP contribution in [0.5, 0.6) is 0 Å². The highest BCUT2D eigenvalue weighted by atomic mass is 35.5. The number of anilines is 1. The number of rotatable bonds is 2. The smallest absolute Gasteiger partial charge is 0.245 e. The van der Waals surface area contributed by atoms with Gasteiger partial charge >= 0.3 is 0 Å². The zero-order valence-electron chi connectivity index (χ0n) is 9.91.